The fourth-order valence-electron chi connectivity index (χ4n) is 5.29. The van der Waals surface area contributed by atoms with Crippen LogP contribution in [-0.4, -0.2) is 41.8 Å². The van der Waals surface area contributed by atoms with Gasteiger partial charge in [0.15, 0.2) is 34.5 Å². The zero-order valence-corrected chi connectivity index (χ0v) is 14.5. The van der Waals surface area contributed by atoms with Gasteiger partial charge in [-0.15, -0.1) is 0 Å². The molecule has 2 bridgehead atoms. The second-order valence-corrected chi connectivity index (χ2v) is 7.43. The van der Waals surface area contributed by atoms with Crippen molar-refractivity contribution in [2.75, 3.05) is 13.6 Å². The molecule has 5 heteroatoms. The van der Waals surface area contributed by atoms with Gasteiger partial charge in [-0.05, 0) is 38.1 Å². The van der Waals surface area contributed by atoms with Crippen molar-refractivity contribution >= 4 is 23.0 Å². The van der Waals surface area contributed by atoms with E-state index in [9.17, 15) is 5.11 Å². The Labute approximate surface area is 143 Å². The molecule has 0 unspecified atom stereocenters. The van der Waals surface area contributed by atoms with E-state index in [4.69, 9.17) is 7.80 Å². The molecule has 0 aromatic heterocycles. The van der Waals surface area contributed by atoms with Gasteiger partial charge in [-0.2, -0.15) is 0 Å². The van der Waals surface area contributed by atoms with Crippen LogP contribution in [0.4, 0.5) is 0 Å². The van der Waals surface area contributed by atoms with Crippen molar-refractivity contribution in [1.29, 1.82) is 0 Å². The van der Waals surface area contributed by atoms with E-state index >= 15 is 0 Å². The van der Waals surface area contributed by atoms with Gasteiger partial charge in [-0.25, -0.2) is 0 Å². The third-order valence-corrected chi connectivity index (χ3v) is 6.69. The van der Waals surface area contributed by atoms with Gasteiger partial charge in [0.1, 0.15) is 12.2 Å². The molecule has 1 N–H and O–H groups in total. The summed E-state index contributed by atoms with van der Waals surface area (Å²) in [5, 5.41) is 10.6. The lowest BCUT2D eigenvalue weighted by molar-refractivity contribution is -0.0452. The highest BCUT2D eigenvalue weighted by atomic mass is 127. The van der Waals surface area contributed by atoms with Crippen molar-refractivity contribution in [3.05, 3.63) is 35.4 Å². The zero-order valence-electron chi connectivity index (χ0n) is 12.3. The molecule has 1 spiro atoms. The SMILES string of the molecule is CN1CC[C@]23c4c5ccc(OI)c4O[C@H]2[C@@H](O)C=C[C@H]3[C@H]1C5. The van der Waals surface area contributed by atoms with Gasteiger partial charge in [0, 0.05) is 22.9 Å². The average molecular weight is 411 g/mol. The van der Waals surface area contributed by atoms with E-state index < -0.39 is 6.10 Å². The van der Waals surface area contributed by atoms with Crippen LogP contribution in [0.5, 0.6) is 11.5 Å². The minimum Gasteiger partial charge on any atom is -0.482 e. The lowest BCUT2D eigenvalue weighted by Crippen LogP contribution is -2.64. The maximum absolute atomic E-state index is 10.6. The minimum atomic E-state index is -0.541. The summed E-state index contributed by atoms with van der Waals surface area (Å²) in [6.45, 7) is 1.05. The Morgan fingerprint density at radius 1 is 1.41 bits per heavy atom. The topological polar surface area (TPSA) is 41.9 Å². The van der Waals surface area contributed by atoms with Gasteiger partial charge >= 0.3 is 0 Å². The Morgan fingerprint density at radius 2 is 2.27 bits per heavy atom. The normalized spacial score (nSPS) is 41.0. The first-order valence-corrected chi connectivity index (χ1v) is 8.73. The van der Waals surface area contributed by atoms with Gasteiger partial charge in [-0.3, -0.25) is 0 Å². The summed E-state index contributed by atoms with van der Waals surface area (Å²) in [6.07, 6.45) is 5.52. The molecule has 5 atom stereocenters. The molecule has 0 radical (unpaired) electrons. The average Bonchev–Trinajstić information content (AvgIpc) is 2.88. The van der Waals surface area contributed by atoms with Gasteiger partial charge in [0.2, 0.25) is 0 Å². The zero-order chi connectivity index (χ0) is 15.1. The molecule has 2 heterocycles. The first-order chi connectivity index (χ1) is 10.7. The van der Waals surface area contributed by atoms with Crippen LogP contribution in [0.2, 0.25) is 0 Å². The number of halogens is 1. The molecule has 5 rings (SSSR count). The van der Waals surface area contributed by atoms with E-state index in [1.54, 1.807) is 0 Å². The van der Waals surface area contributed by atoms with E-state index in [0.717, 1.165) is 30.9 Å². The first-order valence-electron chi connectivity index (χ1n) is 7.85. The molecule has 1 aromatic carbocycles. The smallest absolute Gasteiger partial charge is 0.192 e. The van der Waals surface area contributed by atoms with E-state index in [1.807, 2.05) is 35.1 Å². The molecule has 116 valence electrons. The van der Waals surface area contributed by atoms with Crippen LogP contribution in [0.25, 0.3) is 0 Å². The van der Waals surface area contributed by atoms with Crippen LogP contribution < -0.4 is 7.80 Å². The van der Waals surface area contributed by atoms with Crippen LogP contribution in [0.1, 0.15) is 17.5 Å². The van der Waals surface area contributed by atoms with Crippen molar-refractivity contribution in [2.24, 2.45) is 5.92 Å². The minimum absolute atomic E-state index is 0.0839. The van der Waals surface area contributed by atoms with E-state index in [0.29, 0.717) is 12.0 Å². The van der Waals surface area contributed by atoms with Gasteiger partial charge < -0.3 is 17.8 Å². The number of rotatable bonds is 1. The quantitative estimate of drug-likeness (QED) is 0.569. The highest BCUT2D eigenvalue weighted by Crippen LogP contribution is 2.62. The fourth-order valence-corrected chi connectivity index (χ4v) is 5.64. The number of benzene rings is 1. The highest BCUT2D eigenvalue weighted by molar-refractivity contribution is 14.1. The number of likely N-dealkylation sites (tertiary alicyclic amines) is 1. The van der Waals surface area contributed by atoms with E-state index in [2.05, 4.69) is 24.1 Å². The van der Waals surface area contributed by atoms with Crippen LogP contribution >= 0.6 is 23.0 Å². The monoisotopic (exact) mass is 411 g/mol. The van der Waals surface area contributed by atoms with Crippen molar-refractivity contribution in [1.82, 2.24) is 4.90 Å². The number of aliphatic hydroxyl groups is 1. The standard InChI is InChI=1S/C17H18INO3/c1-19-7-6-17-10-3-4-12(20)16(17)21-15-13(22-18)5-2-9(14(15)17)8-11(10)19/h2-5,10-12,16,20H,6-8H2,1H3/t10-,11+,12-,16-,17-/m0/s1. The molecule has 1 aromatic rings. The summed E-state index contributed by atoms with van der Waals surface area (Å²) < 4.78 is 11.8. The van der Waals surface area contributed by atoms with Crippen molar-refractivity contribution in [3.8, 4) is 11.5 Å². The summed E-state index contributed by atoms with van der Waals surface area (Å²) in [5.41, 5.74) is 2.59. The Kier molecular flexibility index (Phi) is 2.72. The van der Waals surface area contributed by atoms with E-state index in [-0.39, 0.29) is 11.5 Å². The third kappa shape index (κ3) is 1.41. The van der Waals surface area contributed by atoms with Crippen molar-refractivity contribution in [3.63, 3.8) is 0 Å². The van der Waals surface area contributed by atoms with Gasteiger partial charge in [-0.1, -0.05) is 18.2 Å². The number of hydrogen-bond acceptors (Lipinski definition) is 4. The van der Waals surface area contributed by atoms with Crippen molar-refractivity contribution < 1.29 is 12.9 Å². The fraction of sp³-hybridized carbons (Fsp3) is 0.529. The highest BCUT2D eigenvalue weighted by Gasteiger charge is 2.64. The molecule has 4 nitrogen and oxygen atoms in total. The van der Waals surface area contributed by atoms with Crippen LogP contribution in [0, 0.1) is 5.92 Å². The molecular weight excluding hydrogens is 393 g/mol. The van der Waals surface area contributed by atoms with E-state index in [1.165, 1.54) is 11.1 Å². The summed E-state index contributed by atoms with van der Waals surface area (Å²) in [7, 11) is 2.22. The molecule has 0 amide bonds. The summed E-state index contributed by atoms with van der Waals surface area (Å²) in [6, 6.07) is 4.69. The molecule has 4 aliphatic rings. The van der Waals surface area contributed by atoms with Gasteiger partial charge in [0.25, 0.3) is 0 Å². The van der Waals surface area contributed by atoms with Crippen LogP contribution in [0.15, 0.2) is 24.3 Å². The first kappa shape index (κ1) is 13.6. The summed E-state index contributed by atoms with van der Waals surface area (Å²) >= 11 is 1.91. The molecule has 0 saturated carbocycles. The van der Waals surface area contributed by atoms with Crippen LogP contribution in [-0.2, 0) is 11.8 Å². The second kappa shape index (κ2) is 4.39. The number of likely N-dealkylation sites (N-methyl/N-ethyl adjacent to an activating group) is 1. The molecule has 1 fully saturated rings. The molecule has 2 aliphatic heterocycles. The predicted octanol–water partition coefficient (Wildman–Crippen LogP) is 2.22. The maximum Gasteiger partial charge on any atom is 0.192 e. The summed E-state index contributed by atoms with van der Waals surface area (Å²) in [4.78, 5) is 2.47. The Bertz CT molecular complexity index is 691. The number of piperidine rings is 1. The van der Waals surface area contributed by atoms with Crippen molar-refractivity contribution in [2.45, 2.75) is 36.5 Å². The largest absolute Gasteiger partial charge is 0.482 e. The molecular formula is C17H18INO3. The molecule has 22 heavy (non-hydrogen) atoms. The maximum atomic E-state index is 10.6. The van der Waals surface area contributed by atoms with Crippen LogP contribution in [0.3, 0.4) is 0 Å². The number of hydrogen-bond donors (Lipinski definition) is 1. The second-order valence-electron chi connectivity index (χ2n) is 6.99. The number of ether oxygens (including phenoxy) is 1. The molecule has 2 aliphatic carbocycles. The summed E-state index contributed by atoms with van der Waals surface area (Å²) in [5.74, 6) is 2.07. The number of aliphatic hydroxyl groups excluding tert-OH is 1. The third-order valence-electron chi connectivity index (χ3n) is 6.22. The molecule has 1 saturated heterocycles. The lowest BCUT2D eigenvalue weighted by Gasteiger charge is -2.56. The number of nitrogens with zero attached hydrogens (tertiary/aromatic N) is 1. The lowest BCUT2D eigenvalue weighted by atomic mass is 9.53. The Morgan fingerprint density at radius 3 is 3.09 bits per heavy atom. The predicted molar refractivity (Wildman–Crippen MR) is 90.6 cm³/mol. The Balaban J connectivity index is 1.82. The Hall–Kier alpha value is -0.790. The van der Waals surface area contributed by atoms with Gasteiger partial charge in [0.05, 0.1) is 0 Å².